The Morgan fingerprint density at radius 1 is 1.25 bits per heavy atom. The Hall–Kier alpha value is -0.930. The molecule has 0 unspecified atom stereocenters. The molecule has 3 heteroatoms. The first-order valence-electron chi connectivity index (χ1n) is 5.66. The number of hydrogen-bond acceptors (Lipinski definition) is 3. The van der Waals surface area contributed by atoms with Gasteiger partial charge in [0.25, 0.3) is 0 Å². The quantitative estimate of drug-likeness (QED) is 0.864. The number of nitrogens with one attached hydrogen (secondary N) is 1. The summed E-state index contributed by atoms with van der Waals surface area (Å²) in [5, 5.41) is 5.52. The first-order valence-corrected chi connectivity index (χ1v) is 6.94. The van der Waals surface area contributed by atoms with Crippen molar-refractivity contribution in [2.24, 2.45) is 0 Å². The van der Waals surface area contributed by atoms with E-state index in [0.717, 1.165) is 26.2 Å². The lowest BCUT2D eigenvalue weighted by atomic mass is 10.1. The summed E-state index contributed by atoms with van der Waals surface area (Å²) in [6.07, 6.45) is 4.28. The highest BCUT2D eigenvalue weighted by atomic mass is 32.2. The van der Waals surface area contributed by atoms with E-state index in [1.165, 1.54) is 11.3 Å². The van der Waals surface area contributed by atoms with Crippen LogP contribution in [-0.4, -0.2) is 32.4 Å². The Bertz CT molecular complexity index is 357. The minimum Gasteiger partial charge on any atom is -0.369 e. The van der Waals surface area contributed by atoms with E-state index < -0.39 is 0 Å². The lowest BCUT2D eigenvalue weighted by Crippen LogP contribution is -2.43. The molecule has 0 saturated carbocycles. The van der Waals surface area contributed by atoms with Crippen molar-refractivity contribution < 1.29 is 0 Å². The van der Waals surface area contributed by atoms with Gasteiger partial charge in [0.15, 0.2) is 0 Å². The Morgan fingerprint density at radius 2 is 2.00 bits per heavy atom. The third-order valence-electron chi connectivity index (χ3n) is 2.78. The van der Waals surface area contributed by atoms with E-state index in [1.54, 1.807) is 11.8 Å². The maximum absolute atomic E-state index is 3.38. The van der Waals surface area contributed by atoms with Gasteiger partial charge in [-0.25, -0.2) is 0 Å². The summed E-state index contributed by atoms with van der Waals surface area (Å²) in [5.74, 6) is 0. The third kappa shape index (κ3) is 2.80. The van der Waals surface area contributed by atoms with Gasteiger partial charge in [0.1, 0.15) is 0 Å². The Morgan fingerprint density at radius 3 is 2.75 bits per heavy atom. The molecular formula is C13H18N2S. The van der Waals surface area contributed by atoms with Crippen LogP contribution < -0.4 is 10.2 Å². The Labute approximate surface area is 102 Å². The average molecular weight is 234 g/mol. The highest BCUT2D eigenvalue weighted by Crippen LogP contribution is 2.22. The predicted octanol–water partition coefficient (Wildman–Crippen LogP) is 2.43. The molecule has 16 heavy (non-hydrogen) atoms. The van der Waals surface area contributed by atoms with Crippen molar-refractivity contribution in [3.63, 3.8) is 0 Å². The molecule has 1 heterocycles. The van der Waals surface area contributed by atoms with Crippen LogP contribution in [0.4, 0.5) is 5.69 Å². The average Bonchev–Trinajstić information content (AvgIpc) is 2.38. The van der Waals surface area contributed by atoms with Crippen LogP contribution in [0.2, 0.25) is 0 Å². The molecular weight excluding hydrogens is 216 g/mol. The molecule has 1 N–H and O–H groups in total. The van der Waals surface area contributed by atoms with E-state index in [2.05, 4.69) is 52.2 Å². The van der Waals surface area contributed by atoms with Crippen molar-refractivity contribution in [1.82, 2.24) is 5.32 Å². The molecule has 0 bridgehead atoms. The van der Waals surface area contributed by atoms with Crippen molar-refractivity contribution in [2.75, 3.05) is 37.3 Å². The lowest BCUT2D eigenvalue weighted by Gasteiger charge is -2.30. The zero-order chi connectivity index (χ0) is 11.2. The molecule has 0 amide bonds. The molecule has 1 aliphatic heterocycles. The minimum atomic E-state index is 1.08. The molecule has 0 radical (unpaired) electrons. The van der Waals surface area contributed by atoms with Gasteiger partial charge in [0, 0.05) is 31.9 Å². The summed E-state index contributed by atoms with van der Waals surface area (Å²) in [4.78, 5) is 2.45. The summed E-state index contributed by atoms with van der Waals surface area (Å²) in [6.45, 7) is 4.37. The molecule has 0 atom stereocenters. The van der Waals surface area contributed by atoms with Gasteiger partial charge < -0.3 is 10.2 Å². The van der Waals surface area contributed by atoms with Crippen LogP contribution in [0.3, 0.4) is 0 Å². The molecule has 1 aromatic rings. The normalized spacial score (nSPS) is 16.9. The minimum absolute atomic E-state index is 1.08. The van der Waals surface area contributed by atoms with Crippen LogP contribution in [0.25, 0.3) is 6.08 Å². The standard InChI is InChI=1S/C13H18N2S/c1-16-11-6-12-4-2-3-5-13(12)15-9-7-14-8-10-15/h2-6,11,14H,7-10H2,1H3/b11-6-. The zero-order valence-corrected chi connectivity index (χ0v) is 10.5. The van der Waals surface area contributed by atoms with Crippen LogP contribution >= 0.6 is 11.8 Å². The number of nitrogens with zero attached hydrogens (tertiary/aromatic N) is 1. The van der Waals surface area contributed by atoms with Gasteiger partial charge in [-0.15, -0.1) is 11.8 Å². The van der Waals surface area contributed by atoms with Gasteiger partial charge >= 0.3 is 0 Å². The van der Waals surface area contributed by atoms with E-state index in [9.17, 15) is 0 Å². The number of piperazine rings is 1. The van der Waals surface area contributed by atoms with Crippen LogP contribution in [0.1, 0.15) is 5.56 Å². The second-order valence-electron chi connectivity index (χ2n) is 3.83. The molecule has 2 rings (SSSR count). The lowest BCUT2D eigenvalue weighted by molar-refractivity contribution is 0.589. The molecule has 1 saturated heterocycles. The fourth-order valence-electron chi connectivity index (χ4n) is 1.96. The van der Waals surface area contributed by atoms with Gasteiger partial charge in [-0.3, -0.25) is 0 Å². The Kier molecular flexibility index (Phi) is 4.31. The second kappa shape index (κ2) is 5.97. The van der Waals surface area contributed by atoms with Crippen molar-refractivity contribution in [1.29, 1.82) is 0 Å². The van der Waals surface area contributed by atoms with Crippen LogP contribution in [-0.2, 0) is 0 Å². The Balaban J connectivity index is 2.20. The first-order chi connectivity index (χ1) is 7.92. The topological polar surface area (TPSA) is 15.3 Å². The zero-order valence-electron chi connectivity index (χ0n) is 9.65. The second-order valence-corrected chi connectivity index (χ2v) is 4.58. The van der Waals surface area contributed by atoms with Crippen LogP contribution in [0.15, 0.2) is 29.7 Å². The van der Waals surface area contributed by atoms with Crippen molar-refractivity contribution >= 4 is 23.5 Å². The van der Waals surface area contributed by atoms with E-state index in [4.69, 9.17) is 0 Å². The number of benzene rings is 1. The highest BCUT2D eigenvalue weighted by molar-refractivity contribution is 8.01. The van der Waals surface area contributed by atoms with Gasteiger partial charge in [-0.2, -0.15) is 0 Å². The van der Waals surface area contributed by atoms with Gasteiger partial charge in [0.05, 0.1) is 0 Å². The molecule has 86 valence electrons. The number of anilines is 1. The fourth-order valence-corrected chi connectivity index (χ4v) is 2.25. The molecule has 2 nitrogen and oxygen atoms in total. The molecule has 1 aliphatic rings. The van der Waals surface area contributed by atoms with Crippen molar-refractivity contribution in [2.45, 2.75) is 0 Å². The largest absolute Gasteiger partial charge is 0.369 e. The SMILES string of the molecule is CS/C=C\c1ccccc1N1CCNCC1. The molecule has 0 spiro atoms. The fraction of sp³-hybridized carbons (Fsp3) is 0.385. The van der Waals surface area contributed by atoms with E-state index in [0.29, 0.717) is 0 Å². The molecule has 0 aromatic heterocycles. The monoisotopic (exact) mass is 234 g/mol. The van der Waals surface area contributed by atoms with E-state index >= 15 is 0 Å². The molecule has 1 aromatic carbocycles. The van der Waals surface area contributed by atoms with E-state index in [-0.39, 0.29) is 0 Å². The van der Waals surface area contributed by atoms with Gasteiger partial charge in [-0.1, -0.05) is 18.2 Å². The molecule has 0 aliphatic carbocycles. The smallest absolute Gasteiger partial charge is 0.0440 e. The van der Waals surface area contributed by atoms with Crippen LogP contribution in [0.5, 0.6) is 0 Å². The number of hydrogen-bond donors (Lipinski definition) is 1. The van der Waals surface area contributed by atoms with Crippen molar-refractivity contribution in [3.8, 4) is 0 Å². The number of rotatable bonds is 3. The van der Waals surface area contributed by atoms with Crippen LogP contribution in [0, 0.1) is 0 Å². The first kappa shape index (κ1) is 11.6. The highest BCUT2D eigenvalue weighted by Gasteiger charge is 2.11. The molecule has 1 fully saturated rings. The third-order valence-corrected chi connectivity index (χ3v) is 3.19. The van der Waals surface area contributed by atoms with Gasteiger partial charge in [0.2, 0.25) is 0 Å². The van der Waals surface area contributed by atoms with Crippen molar-refractivity contribution in [3.05, 3.63) is 35.2 Å². The van der Waals surface area contributed by atoms with E-state index in [1.807, 2.05) is 0 Å². The summed E-state index contributed by atoms with van der Waals surface area (Å²) in [6, 6.07) is 8.62. The maximum atomic E-state index is 3.38. The number of thioether (sulfide) groups is 1. The summed E-state index contributed by atoms with van der Waals surface area (Å²) >= 11 is 1.74. The van der Waals surface area contributed by atoms with Gasteiger partial charge in [-0.05, 0) is 29.4 Å². The summed E-state index contributed by atoms with van der Waals surface area (Å²) < 4.78 is 0. The summed E-state index contributed by atoms with van der Waals surface area (Å²) in [7, 11) is 0. The number of para-hydroxylation sites is 1. The summed E-state index contributed by atoms with van der Waals surface area (Å²) in [5.41, 5.74) is 2.67. The maximum Gasteiger partial charge on any atom is 0.0440 e. The predicted molar refractivity (Wildman–Crippen MR) is 74.1 cm³/mol.